The average Bonchev–Trinajstić information content (AvgIpc) is 3.03. The molecule has 0 atom stereocenters. The Hall–Kier alpha value is -1.39. The first-order valence-electron chi connectivity index (χ1n) is 6.73. The van der Waals surface area contributed by atoms with Gasteiger partial charge in [-0.15, -0.1) is 0 Å². The number of fused-ring (bicyclic) bond motifs is 2. The Labute approximate surface area is 130 Å². The highest BCUT2D eigenvalue weighted by Gasteiger charge is 2.11. The van der Waals surface area contributed by atoms with E-state index in [9.17, 15) is 0 Å². The van der Waals surface area contributed by atoms with Gasteiger partial charge in [-0.05, 0) is 60.7 Å². The van der Waals surface area contributed by atoms with Gasteiger partial charge in [0.15, 0.2) is 5.13 Å². The lowest BCUT2D eigenvalue weighted by Crippen LogP contribution is -1.91. The summed E-state index contributed by atoms with van der Waals surface area (Å²) in [5.41, 5.74) is 5.17. The summed E-state index contributed by atoms with van der Waals surface area (Å²) in [6.45, 7) is 0. The maximum absolute atomic E-state index is 4.64. The normalized spacial score (nSPS) is 13.7. The molecule has 2 aromatic carbocycles. The molecule has 0 amide bonds. The number of benzene rings is 2. The Morgan fingerprint density at radius 1 is 1.05 bits per heavy atom. The maximum Gasteiger partial charge on any atom is 0.188 e. The highest BCUT2D eigenvalue weighted by atomic mass is 79.9. The molecule has 0 saturated heterocycles. The fourth-order valence-corrected chi connectivity index (χ4v) is 3.94. The minimum Gasteiger partial charge on any atom is -0.332 e. The lowest BCUT2D eigenvalue weighted by atomic mass is 10.1. The van der Waals surface area contributed by atoms with Crippen LogP contribution in [0, 0.1) is 0 Å². The predicted octanol–water partition coefficient (Wildman–Crippen LogP) is 5.29. The van der Waals surface area contributed by atoms with Crippen molar-refractivity contribution in [2.45, 2.75) is 19.3 Å². The Morgan fingerprint density at radius 2 is 1.95 bits per heavy atom. The zero-order chi connectivity index (χ0) is 13.5. The van der Waals surface area contributed by atoms with Gasteiger partial charge in [-0.3, -0.25) is 0 Å². The van der Waals surface area contributed by atoms with Crippen molar-refractivity contribution in [3.05, 3.63) is 52.0 Å². The number of nitrogens with one attached hydrogen (secondary N) is 1. The molecular formula is C16H13BrN2S. The summed E-state index contributed by atoms with van der Waals surface area (Å²) in [6, 6.07) is 12.9. The van der Waals surface area contributed by atoms with Gasteiger partial charge in [0, 0.05) is 10.2 Å². The third-order valence-electron chi connectivity index (χ3n) is 3.70. The van der Waals surface area contributed by atoms with E-state index in [0.717, 1.165) is 20.8 Å². The van der Waals surface area contributed by atoms with Crippen LogP contribution < -0.4 is 5.32 Å². The molecule has 4 rings (SSSR count). The number of hydrogen-bond donors (Lipinski definition) is 1. The van der Waals surface area contributed by atoms with Crippen molar-refractivity contribution >= 4 is 48.3 Å². The van der Waals surface area contributed by atoms with E-state index in [4.69, 9.17) is 0 Å². The van der Waals surface area contributed by atoms with Crippen LogP contribution >= 0.6 is 27.3 Å². The van der Waals surface area contributed by atoms with Crippen LogP contribution in [-0.4, -0.2) is 4.98 Å². The zero-order valence-corrected chi connectivity index (χ0v) is 13.2. The predicted molar refractivity (Wildman–Crippen MR) is 89.1 cm³/mol. The van der Waals surface area contributed by atoms with Gasteiger partial charge in [0.05, 0.1) is 10.2 Å². The molecule has 0 aliphatic heterocycles. The SMILES string of the molecule is Brc1ccc2sc(Nc3ccc4c(c3)CCC4)nc2c1. The van der Waals surface area contributed by atoms with E-state index in [-0.39, 0.29) is 0 Å². The molecule has 0 spiro atoms. The third-order valence-corrected chi connectivity index (χ3v) is 5.14. The number of hydrogen-bond acceptors (Lipinski definition) is 3. The first kappa shape index (κ1) is 12.4. The van der Waals surface area contributed by atoms with Crippen LogP contribution in [0.15, 0.2) is 40.9 Å². The summed E-state index contributed by atoms with van der Waals surface area (Å²) in [7, 11) is 0. The number of rotatable bonds is 2. The third kappa shape index (κ3) is 2.23. The minimum absolute atomic E-state index is 0.955. The molecule has 0 radical (unpaired) electrons. The van der Waals surface area contributed by atoms with E-state index >= 15 is 0 Å². The molecule has 1 N–H and O–H groups in total. The molecule has 1 heterocycles. The number of aromatic nitrogens is 1. The molecule has 100 valence electrons. The highest BCUT2D eigenvalue weighted by molar-refractivity contribution is 9.10. The minimum atomic E-state index is 0.955. The summed E-state index contributed by atoms with van der Waals surface area (Å²) in [6.07, 6.45) is 3.72. The molecule has 0 saturated carbocycles. The fourth-order valence-electron chi connectivity index (χ4n) is 2.73. The van der Waals surface area contributed by atoms with Gasteiger partial charge >= 0.3 is 0 Å². The van der Waals surface area contributed by atoms with Crippen LogP contribution in [0.4, 0.5) is 10.8 Å². The van der Waals surface area contributed by atoms with Gasteiger partial charge in [0.1, 0.15) is 0 Å². The van der Waals surface area contributed by atoms with Crippen molar-refractivity contribution < 1.29 is 0 Å². The number of thiazole rings is 1. The number of halogens is 1. The molecule has 0 unspecified atom stereocenters. The molecule has 0 bridgehead atoms. The van der Waals surface area contributed by atoms with Gasteiger partial charge in [-0.25, -0.2) is 4.98 Å². The van der Waals surface area contributed by atoms with Gasteiger partial charge in [0.25, 0.3) is 0 Å². The Morgan fingerprint density at radius 3 is 2.90 bits per heavy atom. The Kier molecular flexibility index (Phi) is 3.00. The first-order valence-corrected chi connectivity index (χ1v) is 8.34. The summed E-state index contributed by atoms with van der Waals surface area (Å²) in [5, 5.41) is 4.39. The Balaban J connectivity index is 1.66. The van der Waals surface area contributed by atoms with Crippen molar-refractivity contribution in [1.82, 2.24) is 4.98 Å². The summed E-state index contributed by atoms with van der Waals surface area (Å²) >= 11 is 5.18. The molecule has 0 fully saturated rings. The largest absolute Gasteiger partial charge is 0.332 e. The lowest BCUT2D eigenvalue weighted by Gasteiger charge is -2.05. The van der Waals surface area contributed by atoms with E-state index in [1.54, 1.807) is 11.3 Å². The molecule has 20 heavy (non-hydrogen) atoms. The molecular weight excluding hydrogens is 332 g/mol. The van der Waals surface area contributed by atoms with E-state index in [2.05, 4.69) is 62.6 Å². The van der Waals surface area contributed by atoms with Crippen LogP contribution in [-0.2, 0) is 12.8 Å². The smallest absolute Gasteiger partial charge is 0.188 e. The van der Waals surface area contributed by atoms with Gasteiger partial charge in [-0.2, -0.15) is 0 Å². The second-order valence-electron chi connectivity index (χ2n) is 5.09. The van der Waals surface area contributed by atoms with Crippen molar-refractivity contribution in [1.29, 1.82) is 0 Å². The first-order chi connectivity index (χ1) is 9.78. The van der Waals surface area contributed by atoms with Crippen LogP contribution in [0.25, 0.3) is 10.2 Å². The lowest BCUT2D eigenvalue weighted by molar-refractivity contribution is 0.912. The zero-order valence-electron chi connectivity index (χ0n) is 10.8. The van der Waals surface area contributed by atoms with E-state index < -0.39 is 0 Å². The van der Waals surface area contributed by atoms with Crippen LogP contribution in [0.2, 0.25) is 0 Å². The molecule has 2 nitrogen and oxygen atoms in total. The van der Waals surface area contributed by atoms with Gasteiger partial charge < -0.3 is 5.32 Å². The van der Waals surface area contributed by atoms with Crippen molar-refractivity contribution in [3.63, 3.8) is 0 Å². The quantitative estimate of drug-likeness (QED) is 0.682. The number of nitrogens with zero attached hydrogens (tertiary/aromatic N) is 1. The average molecular weight is 345 g/mol. The van der Waals surface area contributed by atoms with E-state index in [1.807, 2.05) is 0 Å². The highest BCUT2D eigenvalue weighted by Crippen LogP contribution is 2.31. The number of anilines is 2. The van der Waals surface area contributed by atoms with Crippen molar-refractivity contribution in [2.24, 2.45) is 0 Å². The van der Waals surface area contributed by atoms with E-state index in [1.165, 1.54) is 35.1 Å². The molecule has 4 heteroatoms. The monoisotopic (exact) mass is 344 g/mol. The van der Waals surface area contributed by atoms with Gasteiger partial charge in [-0.1, -0.05) is 33.3 Å². The summed E-state index contributed by atoms with van der Waals surface area (Å²) in [5.74, 6) is 0. The second kappa shape index (κ2) is 4.86. The van der Waals surface area contributed by atoms with Gasteiger partial charge in [0.2, 0.25) is 0 Å². The van der Waals surface area contributed by atoms with Crippen molar-refractivity contribution in [3.8, 4) is 0 Å². The molecule has 1 aliphatic carbocycles. The summed E-state index contributed by atoms with van der Waals surface area (Å²) < 4.78 is 2.27. The molecule has 3 aromatic rings. The standard InChI is InChI=1S/C16H13BrN2S/c17-12-5-7-15-14(9-12)19-16(20-15)18-13-6-4-10-2-1-3-11(10)8-13/h4-9H,1-3H2,(H,18,19). The Bertz CT molecular complexity index is 794. The van der Waals surface area contributed by atoms with Crippen molar-refractivity contribution in [2.75, 3.05) is 5.32 Å². The van der Waals surface area contributed by atoms with Crippen LogP contribution in [0.1, 0.15) is 17.5 Å². The topological polar surface area (TPSA) is 24.9 Å². The van der Waals surface area contributed by atoms with Crippen LogP contribution in [0.5, 0.6) is 0 Å². The fraction of sp³-hybridized carbons (Fsp3) is 0.188. The van der Waals surface area contributed by atoms with E-state index in [0.29, 0.717) is 0 Å². The molecule has 1 aromatic heterocycles. The second-order valence-corrected chi connectivity index (χ2v) is 7.04. The number of aryl methyl sites for hydroxylation is 2. The summed E-state index contributed by atoms with van der Waals surface area (Å²) in [4.78, 5) is 4.64. The van der Waals surface area contributed by atoms with Crippen LogP contribution in [0.3, 0.4) is 0 Å². The molecule has 1 aliphatic rings. The maximum atomic E-state index is 4.64.